The van der Waals surface area contributed by atoms with E-state index in [1.165, 1.54) is 4.90 Å². The van der Waals surface area contributed by atoms with Crippen molar-refractivity contribution in [3.05, 3.63) is 35.9 Å². The Kier molecular flexibility index (Phi) is 4.21. The van der Waals surface area contributed by atoms with E-state index in [0.717, 1.165) is 5.56 Å². The summed E-state index contributed by atoms with van der Waals surface area (Å²) in [5, 5.41) is 9.48. The van der Waals surface area contributed by atoms with Crippen molar-refractivity contribution in [1.29, 1.82) is 0 Å². The first-order chi connectivity index (χ1) is 9.79. The number of hydrogen-bond donors (Lipinski definition) is 1. The van der Waals surface area contributed by atoms with Gasteiger partial charge in [0.2, 0.25) is 0 Å². The zero-order valence-electron chi connectivity index (χ0n) is 12.6. The summed E-state index contributed by atoms with van der Waals surface area (Å²) < 4.78 is 5.34. The molecule has 0 radical (unpaired) electrons. The van der Waals surface area contributed by atoms with E-state index in [0.29, 0.717) is 12.8 Å². The van der Waals surface area contributed by atoms with Crippen LogP contribution in [0.3, 0.4) is 0 Å². The summed E-state index contributed by atoms with van der Waals surface area (Å²) >= 11 is 0. The second-order valence-electron chi connectivity index (χ2n) is 6.24. The number of carbonyl (C=O) groups is 2. The molecule has 1 saturated heterocycles. The van der Waals surface area contributed by atoms with Crippen LogP contribution in [0.25, 0.3) is 0 Å². The molecule has 5 nitrogen and oxygen atoms in total. The van der Waals surface area contributed by atoms with E-state index in [9.17, 15) is 14.7 Å². The number of rotatable bonds is 2. The summed E-state index contributed by atoms with van der Waals surface area (Å²) in [4.78, 5) is 25.0. The lowest BCUT2D eigenvalue weighted by Crippen LogP contribution is -2.43. The molecule has 1 heterocycles. The summed E-state index contributed by atoms with van der Waals surface area (Å²) in [7, 11) is 0. The first kappa shape index (κ1) is 15.4. The van der Waals surface area contributed by atoms with Crippen LogP contribution in [0.15, 0.2) is 30.3 Å². The molecule has 2 rings (SSSR count). The summed E-state index contributed by atoms with van der Waals surface area (Å²) in [5.41, 5.74) is 0.289. The van der Waals surface area contributed by atoms with Crippen LogP contribution >= 0.6 is 0 Å². The Morgan fingerprint density at radius 1 is 1.19 bits per heavy atom. The quantitative estimate of drug-likeness (QED) is 0.850. The molecular weight excluding hydrogens is 270 g/mol. The predicted octanol–water partition coefficient (Wildman–Crippen LogP) is 3.21. The van der Waals surface area contributed by atoms with Crippen molar-refractivity contribution in [3.63, 3.8) is 0 Å². The number of amides is 1. The molecule has 1 aromatic carbocycles. The van der Waals surface area contributed by atoms with E-state index in [4.69, 9.17) is 4.74 Å². The Morgan fingerprint density at radius 2 is 1.81 bits per heavy atom. The van der Waals surface area contributed by atoms with Gasteiger partial charge in [0.15, 0.2) is 0 Å². The van der Waals surface area contributed by atoms with Gasteiger partial charge in [0.05, 0.1) is 6.04 Å². The summed E-state index contributed by atoms with van der Waals surface area (Å²) in [6.45, 7) is 5.33. The van der Waals surface area contributed by atoms with E-state index in [1.54, 1.807) is 20.8 Å². The first-order valence-corrected chi connectivity index (χ1v) is 7.08. The maximum absolute atomic E-state index is 12.2. The van der Waals surface area contributed by atoms with E-state index in [2.05, 4.69) is 0 Å². The summed E-state index contributed by atoms with van der Waals surface area (Å²) in [6.07, 6.45) is 0.0262. The molecule has 0 aromatic heterocycles. The van der Waals surface area contributed by atoms with Gasteiger partial charge in [-0.25, -0.2) is 9.59 Å². The minimum Gasteiger partial charge on any atom is -0.465 e. The lowest BCUT2D eigenvalue weighted by molar-refractivity contribution is -0.160. The van der Waals surface area contributed by atoms with Crippen molar-refractivity contribution in [2.45, 2.75) is 51.3 Å². The molecule has 1 N–H and O–H groups in total. The number of nitrogens with zero attached hydrogens (tertiary/aromatic N) is 1. The van der Waals surface area contributed by atoms with Gasteiger partial charge in [0, 0.05) is 0 Å². The van der Waals surface area contributed by atoms with Gasteiger partial charge in [-0.15, -0.1) is 0 Å². The van der Waals surface area contributed by atoms with Gasteiger partial charge in [-0.05, 0) is 39.2 Å². The van der Waals surface area contributed by atoms with Gasteiger partial charge in [-0.3, -0.25) is 4.90 Å². The third kappa shape index (κ3) is 3.54. The Labute approximate surface area is 124 Å². The van der Waals surface area contributed by atoms with Crippen LogP contribution in [0.4, 0.5) is 4.79 Å². The third-order valence-electron chi connectivity index (χ3n) is 3.47. The fraction of sp³-hybridized carbons (Fsp3) is 0.500. The number of likely N-dealkylation sites (tertiary alicyclic amines) is 1. The highest BCUT2D eigenvalue weighted by atomic mass is 16.6. The zero-order valence-corrected chi connectivity index (χ0v) is 12.6. The van der Waals surface area contributed by atoms with Gasteiger partial charge in [-0.2, -0.15) is 0 Å². The van der Waals surface area contributed by atoms with Crippen molar-refractivity contribution in [1.82, 2.24) is 4.90 Å². The molecule has 1 fully saturated rings. The molecule has 0 bridgehead atoms. The number of carboxylic acid groups (broad SMARTS) is 1. The van der Waals surface area contributed by atoms with Crippen molar-refractivity contribution in [3.8, 4) is 0 Å². The third-order valence-corrected chi connectivity index (χ3v) is 3.47. The van der Waals surface area contributed by atoms with Crippen LogP contribution in [-0.4, -0.2) is 33.7 Å². The highest BCUT2D eigenvalue weighted by molar-refractivity contribution is 5.82. The van der Waals surface area contributed by atoms with E-state index < -0.39 is 23.7 Å². The first-order valence-electron chi connectivity index (χ1n) is 7.08. The minimum atomic E-state index is -1.09. The second-order valence-corrected chi connectivity index (χ2v) is 6.24. The fourth-order valence-corrected chi connectivity index (χ4v) is 2.68. The number of hydrogen-bond acceptors (Lipinski definition) is 3. The largest absolute Gasteiger partial charge is 0.465 e. The monoisotopic (exact) mass is 291 g/mol. The average Bonchev–Trinajstić information content (AvgIpc) is 2.82. The Morgan fingerprint density at radius 3 is 2.33 bits per heavy atom. The van der Waals surface area contributed by atoms with Gasteiger partial charge in [0.1, 0.15) is 11.6 Å². The summed E-state index contributed by atoms with van der Waals surface area (Å²) in [6, 6.07) is 8.38. The summed E-state index contributed by atoms with van der Waals surface area (Å²) in [5.74, 6) is -0.469. The molecular formula is C16H21NO4. The molecule has 1 amide bonds. The maximum Gasteiger partial charge on any atom is 0.408 e. The molecule has 0 spiro atoms. The number of carbonyl (C=O) groups excluding carboxylic acids is 1. The second kappa shape index (κ2) is 5.76. The van der Waals surface area contributed by atoms with Gasteiger partial charge >= 0.3 is 12.1 Å². The molecule has 0 unspecified atom stereocenters. The topological polar surface area (TPSA) is 66.8 Å². The van der Waals surface area contributed by atoms with Crippen LogP contribution in [0.2, 0.25) is 0 Å². The standard InChI is InChI=1S/C16H21NO4/c1-16(2,3)21-14(18)13-10-9-12(17(13)15(19)20)11-7-5-4-6-8-11/h4-8,12-13H,9-10H2,1-3H3,(H,19,20)/t12-,13+/m0/s1. The van der Waals surface area contributed by atoms with Gasteiger partial charge in [-0.1, -0.05) is 30.3 Å². The van der Waals surface area contributed by atoms with Crippen LogP contribution in [0.1, 0.15) is 45.2 Å². The maximum atomic E-state index is 12.2. The molecule has 114 valence electrons. The van der Waals surface area contributed by atoms with Crippen LogP contribution in [-0.2, 0) is 9.53 Å². The highest BCUT2D eigenvalue weighted by Gasteiger charge is 2.43. The highest BCUT2D eigenvalue weighted by Crippen LogP contribution is 2.37. The number of ether oxygens (including phenoxy) is 1. The van der Waals surface area contributed by atoms with Crippen molar-refractivity contribution >= 4 is 12.1 Å². The Bertz CT molecular complexity index is 521. The lowest BCUT2D eigenvalue weighted by atomic mass is 10.1. The number of esters is 1. The van der Waals surface area contributed by atoms with Gasteiger partial charge in [0.25, 0.3) is 0 Å². The smallest absolute Gasteiger partial charge is 0.408 e. The fourth-order valence-electron chi connectivity index (χ4n) is 2.68. The molecule has 0 saturated carbocycles. The molecule has 2 atom stereocenters. The Balaban J connectivity index is 2.22. The molecule has 1 aromatic rings. The van der Waals surface area contributed by atoms with Crippen molar-refractivity contribution in [2.24, 2.45) is 0 Å². The molecule has 5 heteroatoms. The molecule has 21 heavy (non-hydrogen) atoms. The minimum absolute atomic E-state index is 0.291. The van der Waals surface area contributed by atoms with Crippen molar-refractivity contribution in [2.75, 3.05) is 0 Å². The van der Waals surface area contributed by atoms with E-state index in [1.807, 2.05) is 30.3 Å². The number of benzene rings is 1. The predicted molar refractivity (Wildman–Crippen MR) is 77.9 cm³/mol. The normalized spacial score (nSPS) is 22.1. The van der Waals surface area contributed by atoms with Crippen LogP contribution in [0, 0.1) is 0 Å². The Hall–Kier alpha value is -2.04. The SMILES string of the molecule is CC(C)(C)OC(=O)[C@H]1CC[C@@H](c2ccccc2)N1C(=O)O. The molecule has 1 aliphatic heterocycles. The lowest BCUT2D eigenvalue weighted by Gasteiger charge is -2.29. The zero-order chi connectivity index (χ0) is 15.6. The molecule has 0 aliphatic carbocycles. The average molecular weight is 291 g/mol. The molecule has 1 aliphatic rings. The van der Waals surface area contributed by atoms with Gasteiger partial charge < -0.3 is 9.84 Å². The van der Waals surface area contributed by atoms with E-state index in [-0.39, 0.29) is 6.04 Å². The van der Waals surface area contributed by atoms with Crippen LogP contribution < -0.4 is 0 Å². The van der Waals surface area contributed by atoms with Crippen molar-refractivity contribution < 1.29 is 19.4 Å². The van der Waals surface area contributed by atoms with E-state index >= 15 is 0 Å². The van der Waals surface area contributed by atoms with Crippen LogP contribution in [0.5, 0.6) is 0 Å².